The van der Waals surface area contributed by atoms with Crippen molar-refractivity contribution in [1.29, 1.82) is 0 Å². The van der Waals surface area contributed by atoms with E-state index in [9.17, 15) is 4.79 Å². The molecule has 5 heteroatoms. The van der Waals surface area contributed by atoms with Crippen LogP contribution in [0.25, 0.3) is 0 Å². The van der Waals surface area contributed by atoms with Crippen molar-refractivity contribution < 1.29 is 4.79 Å². The highest BCUT2D eigenvalue weighted by atomic mass is 35.5. The normalized spacial score (nSPS) is 20.7. The van der Waals surface area contributed by atoms with E-state index >= 15 is 0 Å². The third-order valence-corrected chi connectivity index (χ3v) is 4.52. The van der Waals surface area contributed by atoms with E-state index in [1.807, 2.05) is 24.3 Å². The number of rotatable bonds is 5. The Labute approximate surface area is 130 Å². The molecule has 1 aromatic rings. The Morgan fingerprint density at radius 2 is 2.15 bits per heavy atom. The molecule has 2 aliphatic carbocycles. The van der Waals surface area contributed by atoms with E-state index in [0.29, 0.717) is 17.5 Å². The third kappa shape index (κ3) is 3.11. The van der Waals surface area contributed by atoms with Crippen molar-refractivity contribution in [3.8, 4) is 0 Å². The smallest absolute Gasteiger partial charge is 0.230 e. The highest BCUT2D eigenvalue weighted by Crippen LogP contribution is 2.48. The summed E-state index contributed by atoms with van der Waals surface area (Å²) < 4.78 is 0. The van der Waals surface area contributed by atoms with Gasteiger partial charge in [0.1, 0.15) is 0 Å². The van der Waals surface area contributed by atoms with Gasteiger partial charge in [0.15, 0.2) is 0 Å². The minimum atomic E-state index is -0.353. The predicted octanol–water partition coefficient (Wildman–Crippen LogP) is 2.65. The largest absolute Gasteiger partial charge is 0.354 e. The van der Waals surface area contributed by atoms with Crippen LogP contribution in [0.3, 0.4) is 0 Å². The fourth-order valence-electron chi connectivity index (χ4n) is 2.63. The molecule has 3 nitrogen and oxygen atoms in total. The second kappa shape index (κ2) is 5.92. The van der Waals surface area contributed by atoms with E-state index < -0.39 is 0 Å². The monoisotopic (exact) mass is 314 g/mol. The van der Waals surface area contributed by atoms with Crippen molar-refractivity contribution >= 4 is 29.9 Å². The van der Waals surface area contributed by atoms with Gasteiger partial charge in [-0.1, -0.05) is 23.7 Å². The number of benzene rings is 1. The second-order valence-corrected chi connectivity index (χ2v) is 6.24. The lowest BCUT2D eigenvalue weighted by atomic mass is 9.95. The molecule has 1 aromatic carbocycles. The van der Waals surface area contributed by atoms with Crippen molar-refractivity contribution in [2.45, 2.75) is 37.1 Å². The van der Waals surface area contributed by atoms with E-state index in [1.54, 1.807) is 0 Å². The van der Waals surface area contributed by atoms with E-state index in [-0.39, 0.29) is 29.8 Å². The van der Waals surface area contributed by atoms with E-state index in [4.69, 9.17) is 17.3 Å². The Bertz CT molecular complexity index is 498. The molecule has 0 spiro atoms. The Hall–Kier alpha value is -0.770. The van der Waals surface area contributed by atoms with Crippen LogP contribution in [0, 0.1) is 5.92 Å². The summed E-state index contributed by atoms with van der Waals surface area (Å²) in [6.45, 7) is 0.589. The van der Waals surface area contributed by atoms with E-state index in [2.05, 4.69) is 5.32 Å². The topological polar surface area (TPSA) is 55.1 Å². The fraction of sp³-hybridized carbons (Fsp3) is 0.533. The minimum absolute atomic E-state index is 0. The first kappa shape index (κ1) is 15.6. The lowest BCUT2D eigenvalue weighted by Gasteiger charge is -2.18. The summed E-state index contributed by atoms with van der Waals surface area (Å²) in [6.07, 6.45) is 4.21. The number of carbonyl (C=O) groups excluding carboxylic acids is 1. The summed E-state index contributed by atoms with van der Waals surface area (Å²) >= 11 is 6.01. The van der Waals surface area contributed by atoms with Crippen LogP contribution in [0.5, 0.6) is 0 Å². The van der Waals surface area contributed by atoms with Crippen LogP contribution in [0.15, 0.2) is 24.3 Å². The molecule has 3 N–H and O–H groups in total. The Morgan fingerprint density at radius 1 is 1.45 bits per heavy atom. The zero-order chi connectivity index (χ0) is 13.5. The first-order chi connectivity index (χ1) is 9.12. The molecule has 0 bridgehead atoms. The minimum Gasteiger partial charge on any atom is -0.354 e. The van der Waals surface area contributed by atoms with Crippen molar-refractivity contribution in [3.05, 3.63) is 34.9 Å². The molecule has 2 saturated carbocycles. The zero-order valence-corrected chi connectivity index (χ0v) is 12.8. The van der Waals surface area contributed by atoms with Crippen molar-refractivity contribution in [2.24, 2.45) is 11.7 Å². The van der Waals surface area contributed by atoms with Crippen molar-refractivity contribution in [1.82, 2.24) is 5.32 Å². The number of nitrogens with one attached hydrogen (secondary N) is 1. The van der Waals surface area contributed by atoms with Gasteiger partial charge in [-0.25, -0.2) is 0 Å². The summed E-state index contributed by atoms with van der Waals surface area (Å²) in [5.41, 5.74) is 6.69. The lowest BCUT2D eigenvalue weighted by Crippen LogP contribution is -2.43. The summed E-state index contributed by atoms with van der Waals surface area (Å²) in [5, 5.41) is 3.70. The first-order valence-corrected chi connectivity index (χ1v) is 7.29. The summed E-state index contributed by atoms with van der Waals surface area (Å²) in [5.74, 6) is 0.715. The third-order valence-electron chi connectivity index (χ3n) is 4.29. The first-order valence-electron chi connectivity index (χ1n) is 6.92. The van der Waals surface area contributed by atoms with Crippen LogP contribution >= 0.6 is 24.0 Å². The van der Waals surface area contributed by atoms with Crippen molar-refractivity contribution in [2.75, 3.05) is 6.54 Å². The van der Waals surface area contributed by atoms with Crippen LogP contribution in [0.1, 0.15) is 31.2 Å². The number of hydrogen-bond donors (Lipinski definition) is 2. The predicted molar refractivity (Wildman–Crippen MR) is 83.3 cm³/mol. The molecule has 0 aromatic heterocycles. The van der Waals surface area contributed by atoms with Gasteiger partial charge < -0.3 is 11.1 Å². The molecule has 110 valence electrons. The molecule has 20 heavy (non-hydrogen) atoms. The van der Waals surface area contributed by atoms with Crippen LogP contribution < -0.4 is 11.1 Å². The number of nitrogens with two attached hydrogens (primary N) is 1. The average molecular weight is 315 g/mol. The van der Waals surface area contributed by atoms with Crippen LogP contribution in [-0.4, -0.2) is 18.5 Å². The van der Waals surface area contributed by atoms with Gasteiger partial charge in [-0.05, 0) is 49.3 Å². The Kier molecular flexibility index (Phi) is 4.62. The summed E-state index contributed by atoms with van der Waals surface area (Å²) in [7, 11) is 0. The molecular formula is C15H20Cl2N2O. The quantitative estimate of drug-likeness (QED) is 0.878. The number of carbonyl (C=O) groups is 1. The molecular weight excluding hydrogens is 295 g/mol. The van der Waals surface area contributed by atoms with E-state index in [1.165, 1.54) is 12.8 Å². The highest BCUT2D eigenvalue weighted by Gasteiger charge is 2.51. The van der Waals surface area contributed by atoms with Gasteiger partial charge in [0, 0.05) is 17.6 Å². The number of hydrogen-bond acceptors (Lipinski definition) is 2. The molecule has 0 heterocycles. The molecule has 2 aliphatic rings. The van der Waals surface area contributed by atoms with Crippen LogP contribution in [-0.2, 0) is 10.2 Å². The molecule has 0 aliphatic heterocycles. The SMILES string of the molecule is Cl.NC(CNC(=O)C1(c2cccc(Cl)c2)CC1)C1CC1. The molecule has 2 fully saturated rings. The molecule has 3 rings (SSSR count). The summed E-state index contributed by atoms with van der Waals surface area (Å²) in [6, 6.07) is 7.73. The lowest BCUT2D eigenvalue weighted by molar-refractivity contribution is -0.123. The number of amides is 1. The van der Waals surface area contributed by atoms with Gasteiger partial charge in [0.2, 0.25) is 5.91 Å². The molecule has 0 radical (unpaired) electrons. The van der Waals surface area contributed by atoms with Crippen LogP contribution in [0.4, 0.5) is 0 Å². The van der Waals surface area contributed by atoms with Gasteiger partial charge >= 0.3 is 0 Å². The van der Waals surface area contributed by atoms with Gasteiger partial charge in [-0.2, -0.15) is 0 Å². The second-order valence-electron chi connectivity index (χ2n) is 5.80. The van der Waals surface area contributed by atoms with E-state index in [0.717, 1.165) is 18.4 Å². The van der Waals surface area contributed by atoms with Gasteiger partial charge in [-0.3, -0.25) is 4.79 Å². The van der Waals surface area contributed by atoms with Crippen molar-refractivity contribution in [3.63, 3.8) is 0 Å². The summed E-state index contributed by atoms with van der Waals surface area (Å²) in [4.78, 5) is 12.4. The molecule has 1 amide bonds. The Morgan fingerprint density at radius 3 is 2.70 bits per heavy atom. The standard InChI is InChI=1S/C15H19ClN2O.ClH/c16-12-3-1-2-11(8-12)15(6-7-15)14(19)18-9-13(17)10-4-5-10;/h1-3,8,10,13H,4-7,9,17H2,(H,18,19);1H. The maximum absolute atomic E-state index is 12.4. The van der Waals surface area contributed by atoms with Gasteiger partial charge in [0.05, 0.1) is 5.41 Å². The van der Waals surface area contributed by atoms with Crippen LogP contribution in [0.2, 0.25) is 5.02 Å². The fourth-order valence-corrected chi connectivity index (χ4v) is 2.82. The van der Waals surface area contributed by atoms with Gasteiger partial charge in [0.25, 0.3) is 0 Å². The number of halogens is 2. The van der Waals surface area contributed by atoms with Gasteiger partial charge in [-0.15, -0.1) is 12.4 Å². The average Bonchev–Trinajstić information content (AvgIpc) is 3.29. The maximum Gasteiger partial charge on any atom is 0.230 e. The maximum atomic E-state index is 12.4. The molecule has 0 saturated heterocycles. The Balaban J connectivity index is 0.00000147. The zero-order valence-electron chi connectivity index (χ0n) is 11.3. The highest BCUT2D eigenvalue weighted by molar-refractivity contribution is 6.30. The molecule has 1 atom stereocenters. The molecule has 1 unspecified atom stereocenters.